The van der Waals surface area contributed by atoms with Gasteiger partial charge in [-0.1, -0.05) is 0 Å². The maximum absolute atomic E-state index is 13.4. The molecule has 164 valence electrons. The number of hydrogen-bond acceptors (Lipinski definition) is 7. The number of nitrogens with zero attached hydrogens (tertiary/aromatic N) is 2. The summed E-state index contributed by atoms with van der Waals surface area (Å²) in [5.41, 5.74) is -2.44. The van der Waals surface area contributed by atoms with E-state index in [4.69, 9.17) is 10.5 Å². The zero-order chi connectivity index (χ0) is 22.2. The number of aromatic nitrogens is 2. The summed E-state index contributed by atoms with van der Waals surface area (Å²) < 4.78 is 81.1. The Morgan fingerprint density at radius 1 is 1.30 bits per heavy atom. The van der Waals surface area contributed by atoms with Gasteiger partial charge in [0.2, 0.25) is 5.82 Å². The van der Waals surface area contributed by atoms with E-state index in [2.05, 4.69) is 30.3 Å². The average molecular weight is 451 g/mol. The minimum Gasteiger partial charge on any atom is -0.365 e. The number of hydrogen-bond donors (Lipinski definition) is 5. The Balaban J connectivity index is 1.63. The maximum atomic E-state index is 13.4. The van der Waals surface area contributed by atoms with E-state index in [1.165, 1.54) is 0 Å². The molecule has 1 aromatic heterocycles. The van der Waals surface area contributed by atoms with Crippen molar-refractivity contribution in [3.05, 3.63) is 35.3 Å². The molecule has 0 radical (unpaired) electrons. The quantitative estimate of drug-likeness (QED) is 0.232. The maximum Gasteiger partial charge on any atom is 0.419 e. The minimum absolute atomic E-state index is 0.0251. The van der Waals surface area contributed by atoms with Crippen molar-refractivity contribution in [3.8, 4) is 0 Å². The highest BCUT2D eigenvalue weighted by Gasteiger charge is 2.44. The molecule has 30 heavy (non-hydrogen) atoms. The molecule has 1 aromatic carbocycles. The van der Waals surface area contributed by atoms with Crippen LogP contribution in [0.1, 0.15) is 30.5 Å². The summed E-state index contributed by atoms with van der Waals surface area (Å²) in [4.78, 5) is 0. The Labute approximate surface area is 167 Å². The summed E-state index contributed by atoms with van der Waals surface area (Å²) in [7, 11) is -3.85. The molecular formula is C15H17F4N7O3S. The first-order valence-electron chi connectivity index (χ1n) is 8.49. The van der Waals surface area contributed by atoms with E-state index in [1.54, 1.807) is 0 Å². The molecule has 2 aromatic rings. The van der Waals surface area contributed by atoms with Gasteiger partial charge in [0.25, 0.3) is 10.2 Å². The molecule has 1 aliphatic carbocycles. The molecule has 1 heterocycles. The third kappa shape index (κ3) is 5.43. The number of rotatable bonds is 8. The molecule has 0 bridgehead atoms. The second-order valence-corrected chi connectivity index (χ2v) is 8.05. The van der Waals surface area contributed by atoms with Crippen LogP contribution in [0.2, 0.25) is 0 Å². The first-order chi connectivity index (χ1) is 13.9. The Kier molecular flexibility index (Phi) is 5.70. The fourth-order valence-corrected chi connectivity index (χ4v) is 3.68. The van der Waals surface area contributed by atoms with E-state index < -0.39 is 39.1 Å². The van der Waals surface area contributed by atoms with E-state index in [-0.39, 0.29) is 23.7 Å². The highest BCUT2D eigenvalue weighted by atomic mass is 32.2. The van der Waals surface area contributed by atoms with Crippen LogP contribution in [0.25, 0.3) is 0 Å². The number of halogens is 4. The molecule has 0 amide bonds. The second-order valence-electron chi connectivity index (χ2n) is 6.76. The number of nitrogens with two attached hydrogens (primary N) is 1. The third-order valence-electron chi connectivity index (χ3n) is 4.37. The van der Waals surface area contributed by atoms with Gasteiger partial charge in [0.1, 0.15) is 5.82 Å². The number of anilines is 2. The fourth-order valence-electron chi connectivity index (χ4n) is 2.77. The van der Waals surface area contributed by atoms with Crippen LogP contribution in [0.3, 0.4) is 0 Å². The zero-order valence-corrected chi connectivity index (χ0v) is 16.0. The lowest BCUT2D eigenvalue weighted by Gasteiger charge is -2.15. The SMILES string of the molecule is N=C(Nc1ccc(F)c(C(F)(F)F)c1)c1nonc1NCCC1(NS(N)(=O)=O)CC1. The first-order valence-corrected chi connectivity index (χ1v) is 10.0. The Morgan fingerprint density at radius 3 is 2.60 bits per heavy atom. The second kappa shape index (κ2) is 7.81. The number of benzene rings is 1. The molecule has 0 saturated heterocycles. The van der Waals surface area contributed by atoms with Gasteiger partial charge in [0.15, 0.2) is 11.5 Å². The zero-order valence-electron chi connectivity index (χ0n) is 15.2. The van der Waals surface area contributed by atoms with Crippen molar-refractivity contribution in [2.45, 2.75) is 31.0 Å². The summed E-state index contributed by atoms with van der Waals surface area (Å²) in [6, 6.07) is 2.20. The molecule has 0 aliphatic heterocycles. The molecule has 10 nitrogen and oxygen atoms in total. The van der Waals surface area contributed by atoms with Crippen LogP contribution >= 0.6 is 0 Å². The predicted octanol–water partition coefficient (Wildman–Crippen LogP) is 1.79. The largest absolute Gasteiger partial charge is 0.419 e. The van der Waals surface area contributed by atoms with Crippen LogP contribution in [0.15, 0.2) is 22.8 Å². The van der Waals surface area contributed by atoms with Crippen LogP contribution in [-0.2, 0) is 16.4 Å². The molecule has 3 rings (SSSR count). The molecule has 1 saturated carbocycles. The van der Waals surface area contributed by atoms with Crippen LogP contribution in [0.4, 0.5) is 29.1 Å². The van der Waals surface area contributed by atoms with Gasteiger partial charge >= 0.3 is 6.18 Å². The summed E-state index contributed by atoms with van der Waals surface area (Å²) in [5, 5.41) is 25.3. The van der Waals surface area contributed by atoms with Crippen LogP contribution in [-0.4, -0.2) is 36.7 Å². The fraction of sp³-hybridized carbons (Fsp3) is 0.400. The van der Waals surface area contributed by atoms with Crippen molar-refractivity contribution < 1.29 is 30.6 Å². The van der Waals surface area contributed by atoms with Gasteiger partial charge in [-0.15, -0.1) is 0 Å². The van der Waals surface area contributed by atoms with E-state index in [0.29, 0.717) is 31.4 Å². The number of amidine groups is 1. The third-order valence-corrected chi connectivity index (χ3v) is 5.09. The molecule has 15 heteroatoms. The summed E-state index contributed by atoms with van der Waals surface area (Å²) in [6.07, 6.45) is -3.31. The van der Waals surface area contributed by atoms with Crippen LogP contribution in [0, 0.1) is 11.2 Å². The Hall–Kier alpha value is -2.78. The Morgan fingerprint density at radius 2 is 2.00 bits per heavy atom. The summed E-state index contributed by atoms with van der Waals surface area (Å²) in [5.74, 6) is -1.86. The lowest BCUT2D eigenvalue weighted by molar-refractivity contribution is -0.139. The smallest absolute Gasteiger partial charge is 0.365 e. The monoisotopic (exact) mass is 451 g/mol. The van der Waals surface area contributed by atoms with Crippen molar-refractivity contribution in [2.24, 2.45) is 5.14 Å². The lowest BCUT2D eigenvalue weighted by Crippen LogP contribution is -2.42. The van der Waals surface area contributed by atoms with Crippen molar-refractivity contribution in [3.63, 3.8) is 0 Å². The topological polar surface area (TPSA) is 159 Å². The molecule has 6 N–H and O–H groups in total. The van der Waals surface area contributed by atoms with Gasteiger partial charge in [-0.25, -0.2) is 14.2 Å². The minimum atomic E-state index is -4.89. The average Bonchev–Trinajstić information content (AvgIpc) is 3.18. The molecule has 1 fully saturated rings. The standard InChI is InChI=1S/C15H17F4N7O3S/c16-10-2-1-8(7-9(10)15(17,18)19)23-12(20)11-13(25-29-24-11)22-6-5-14(3-4-14)26-30(21,27)28/h1-2,7,26H,3-6H2,(H2,20,23)(H,22,25)(H2,21,27,28). The first kappa shape index (κ1) is 21.9. The van der Waals surface area contributed by atoms with Crippen LogP contribution < -0.4 is 20.5 Å². The van der Waals surface area contributed by atoms with E-state index >= 15 is 0 Å². The van der Waals surface area contributed by atoms with Crippen molar-refractivity contribution in [1.82, 2.24) is 15.0 Å². The molecular weight excluding hydrogens is 434 g/mol. The van der Waals surface area contributed by atoms with Gasteiger partial charge in [-0.2, -0.15) is 26.3 Å². The predicted molar refractivity (Wildman–Crippen MR) is 97.5 cm³/mol. The van der Waals surface area contributed by atoms with Gasteiger partial charge in [-0.05, 0) is 47.8 Å². The molecule has 1 aliphatic rings. The van der Waals surface area contributed by atoms with Crippen molar-refractivity contribution in [2.75, 3.05) is 17.2 Å². The van der Waals surface area contributed by atoms with Gasteiger partial charge in [-0.3, -0.25) is 5.41 Å². The van der Waals surface area contributed by atoms with Gasteiger partial charge in [0, 0.05) is 17.8 Å². The normalized spacial score (nSPS) is 15.6. The molecule has 0 spiro atoms. The van der Waals surface area contributed by atoms with E-state index in [0.717, 1.165) is 6.07 Å². The molecule has 0 atom stereocenters. The highest BCUT2D eigenvalue weighted by molar-refractivity contribution is 7.87. The summed E-state index contributed by atoms with van der Waals surface area (Å²) in [6.45, 7) is 0.228. The van der Waals surface area contributed by atoms with E-state index in [1.807, 2.05) is 0 Å². The highest BCUT2D eigenvalue weighted by Crippen LogP contribution is 2.39. The Bertz CT molecular complexity index is 1050. The van der Waals surface area contributed by atoms with Gasteiger partial charge in [0.05, 0.1) is 5.56 Å². The van der Waals surface area contributed by atoms with Crippen molar-refractivity contribution >= 4 is 27.6 Å². The summed E-state index contributed by atoms with van der Waals surface area (Å²) >= 11 is 0. The number of alkyl halides is 3. The van der Waals surface area contributed by atoms with Crippen LogP contribution in [0.5, 0.6) is 0 Å². The van der Waals surface area contributed by atoms with E-state index in [9.17, 15) is 26.0 Å². The van der Waals surface area contributed by atoms with Gasteiger partial charge < -0.3 is 10.6 Å². The lowest BCUT2D eigenvalue weighted by atomic mass is 10.1. The van der Waals surface area contributed by atoms with Crippen molar-refractivity contribution in [1.29, 1.82) is 5.41 Å². The number of nitrogens with one attached hydrogen (secondary N) is 4. The molecule has 0 unspecified atom stereocenters.